The molecule has 0 fully saturated rings. The molecule has 4 nitrogen and oxygen atoms in total. The average molecular weight is 237 g/mol. The molecule has 0 saturated carbocycles. The van der Waals surface area contributed by atoms with Crippen LogP contribution in [0.1, 0.15) is 25.1 Å². The first-order valence-corrected chi connectivity index (χ1v) is 5.85. The molecule has 0 amide bonds. The number of nitrogens with two attached hydrogens (primary N) is 1. The summed E-state index contributed by atoms with van der Waals surface area (Å²) in [5, 5.41) is 0. The lowest BCUT2D eigenvalue weighted by Gasteiger charge is -2.32. The highest BCUT2D eigenvalue weighted by Gasteiger charge is 2.20. The molecule has 0 aliphatic carbocycles. The molecule has 96 valence electrons. The molecule has 0 aromatic carbocycles. The number of likely N-dealkylation sites (N-methyl/N-ethyl adjacent to an activating group) is 1. The third kappa shape index (κ3) is 4.07. The Kier molecular flexibility index (Phi) is 5.05. The van der Waals surface area contributed by atoms with Crippen LogP contribution in [0.2, 0.25) is 0 Å². The smallest absolute Gasteiger partial charge is 0.0892 e. The summed E-state index contributed by atoms with van der Waals surface area (Å²) in [4.78, 5) is 6.44. The summed E-state index contributed by atoms with van der Waals surface area (Å²) < 4.78 is 5.73. The van der Waals surface area contributed by atoms with Crippen LogP contribution < -0.4 is 5.73 Å². The van der Waals surface area contributed by atoms with Gasteiger partial charge in [-0.25, -0.2) is 0 Å². The Labute approximate surface area is 104 Å². The zero-order valence-corrected chi connectivity index (χ0v) is 11.2. The van der Waals surface area contributed by atoms with Crippen molar-refractivity contribution in [2.75, 3.05) is 20.7 Å². The predicted molar refractivity (Wildman–Crippen MR) is 69.6 cm³/mol. The topological polar surface area (TPSA) is 51.4 Å². The van der Waals surface area contributed by atoms with E-state index in [-0.39, 0.29) is 5.54 Å². The van der Waals surface area contributed by atoms with Gasteiger partial charge < -0.3 is 15.4 Å². The van der Waals surface area contributed by atoms with E-state index in [9.17, 15) is 0 Å². The molecule has 1 aromatic heterocycles. The number of hydrogen-bond acceptors (Lipinski definition) is 4. The Bertz CT molecular complexity index is 350. The molecule has 0 unspecified atom stereocenters. The fourth-order valence-electron chi connectivity index (χ4n) is 1.31. The maximum atomic E-state index is 5.73. The van der Waals surface area contributed by atoms with Crippen LogP contribution in [0, 0.1) is 0 Å². The largest absolute Gasteiger partial charge is 0.373 e. The number of rotatable bonds is 6. The second kappa shape index (κ2) is 6.10. The summed E-state index contributed by atoms with van der Waals surface area (Å²) in [6.07, 6.45) is 1.77. The van der Waals surface area contributed by atoms with Crippen molar-refractivity contribution in [3.05, 3.63) is 29.6 Å². The fourth-order valence-corrected chi connectivity index (χ4v) is 1.31. The van der Waals surface area contributed by atoms with E-state index in [1.54, 1.807) is 6.20 Å². The van der Waals surface area contributed by atoms with E-state index < -0.39 is 0 Å². The van der Waals surface area contributed by atoms with Crippen LogP contribution in [0.25, 0.3) is 0 Å². The minimum absolute atomic E-state index is 0.0255. The highest BCUT2D eigenvalue weighted by Crippen LogP contribution is 2.12. The molecule has 4 heteroatoms. The van der Waals surface area contributed by atoms with Gasteiger partial charge in [0.1, 0.15) is 0 Å². The molecule has 17 heavy (non-hydrogen) atoms. The lowest BCUT2D eigenvalue weighted by molar-refractivity contribution is 0.0259. The standard InChI is InChI=1S/C13H23N3O/c1-13(2,16(3)4)10-17-9-12-11(8-14)6-5-7-15-12/h5-7H,8-10,14H2,1-4H3. The number of hydrogen-bond donors (Lipinski definition) is 1. The van der Waals surface area contributed by atoms with E-state index in [2.05, 4.69) is 37.8 Å². The molecular formula is C13H23N3O. The van der Waals surface area contributed by atoms with E-state index in [1.807, 2.05) is 12.1 Å². The van der Waals surface area contributed by atoms with E-state index >= 15 is 0 Å². The lowest BCUT2D eigenvalue weighted by Crippen LogP contribution is -2.42. The van der Waals surface area contributed by atoms with Crippen LogP contribution in [-0.4, -0.2) is 36.1 Å². The maximum absolute atomic E-state index is 5.73. The van der Waals surface area contributed by atoms with Crippen molar-refractivity contribution in [1.29, 1.82) is 0 Å². The van der Waals surface area contributed by atoms with Crippen LogP contribution in [-0.2, 0) is 17.9 Å². The molecule has 1 aromatic rings. The monoisotopic (exact) mass is 237 g/mol. The normalized spacial score (nSPS) is 12.1. The van der Waals surface area contributed by atoms with Crippen molar-refractivity contribution in [3.8, 4) is 0 Å². The molecule has 2 N–H and O–H groups in total. The second-order valence-corrected chi connectivity index (χ2v) is 5.01. The van der Waals surface area contributed by atoms with Crippen LogP contribution in [0.15, 0.2) is 18.3 Å². The van der Waals surface area contributed by atoms with E-state index in [1.165, 1.54) is 0 Å². The molecule has 0 aliphatic heterocycles. The van der Waals surface area contributed by atoms with E-state index in [4.69, 9.17) is 10.5 Å². The Morgan fingerprint density at radius 1 is 1.41 bits per heavy atom. The van der Waals surface area contributed by atoms with Gasteiger partial charge in [0.15, 0.2) is 0 Å². The Morgan fingerprint density at radius 2 is 2.12 bits per heavy atom. The first-order valence-electron chi connectivity index (χ1n) is 5.85. The lowest BCUT2D eigenvalue weighted by atomic mass is 10.1. The van der Waals surface area contributed by atoms with Crippen molar-refractivity contribution < 1.29 is 4.74 Å². The average Bonchev–Trinajstić information content (AvgIpc) is 2.29. The predicted octanol–water partition coefficient (Wildman–Crippen LogP) is 1.40. The third-order valence-corrected chi connectivity index (χ3v) is 3.11. The molecule has 0 bridgehead atoms. The third-order valence-electron chi connectivity index (χ3n) is 3.11. The minimum atomic E-state index is 0.0255. The van der Waals surface area contributed by atoms with Gasteiger partial charge in [-0.3, -0.25) is 4.98 Å². The summed E-state index contributed by atoms with van der Waals surface area (Å²) in [5.74, 6) is 0. The van der Waals surface area contributed by atoms with Crippen LogP contribution >= 0.6 is 0 Å². The molecular weight excluding hydrogens is 214 g/mol. The molecule has 0 spiro atoms. The van der Waals surface area contributed by atoms with Crippen LogP contribution in [0.3, 0.4) is 0 Å². The van der Waals surface area contributed by atoms with Gasteiger partial charge in [0, 0.05) is 18.3 Å². The number of aromatic nitrogens is 1. The number of nitrogens with zero attached hydrogens (tertiary/aromatic N) is 2. The van der Waals surface area contributed by atoms with Crippen LogP contribution in [0.4, 0.5) is 0 Å². The van der Waals surface area contributed by atoms with Crippen molar-refractivity contribution in [1.82, 2.24) is 9.88 Å². The van der Waals surface area contributed by atoms with Crippen molar-refractivity contribution in [2.24, 2.45) is 5.73 Å². The van der Waals surface area contributed by atoms with Crippen molar-refractivity contribution >= 4 is 0 Å². The van der Waals surface area contributed by atoms with Gasteiger partial charge in [-0.15, -0.1) is 0 Å². The van der Waals surface area contributed by atoms with Gasteiger partial charge in [0.05, 0.1) is 18.9 Å². The molecule has 0 saturated heterocycles. The number of pyridine rings is 1. The highest BCUT2D eigenvalue weighted by atomic mass is 16.5. The van der Waals surface area contributed by atoms with E-state index in [0.29, 0.717) is 19.8 Å². The second-order valence-electron chi connectivity index (χ2n) is 5.01. The van der Waals surface area contributed by atoms with Gasteiger partial charge in [-0.05, 0) is 39.6 Å². The first-order chi connectivity index (χ1) is 7.97. The molecule has 0 atom stereocenters. The fraction of sp³-hybridized carbons (Fsp3) is 0.615. The van der Waals surface area contributed by atoms with Crippen molar-refractivity contribution in [3.63, 3.8) is 0 Å². The Balaban J connectivity index is 2.51. The molecule has 1 rings (SSSR count). The zero-order chi connectivity index (χ0) is 12.9. The first kappa shape index (κ1) is 14.1. The summed E-state index contributed by atoms with van der Waals surface area (Å²) >= 11 is 0. The zero-order valence-electron chi connectivity index (χ0n) is 11.2. The molecule has 0 aliphatic rings. The molecule has 0 radical (unpaired) electrons. The minimum Gasteiger partial charge on any atom is -0.373 e. The van der Waals surface area contributed by atoms with Gasteiger partial charge in [-0.1, -0.05) is 6.07 Å². The summed E-state index contributed by atoms with van der Waals surface area (Å²) in [6.45, 7) is 5.99. The van der Waals surface area contributed by atoms with Gasteiger partial charge in [0.25, 0.3) is 0 Å². The summed E-state index contributed by atoms with van der Waals surface area (Å²) in [6, 6.07) is 3.89. The van der Waals surface area contributed by atoms with E-state index in [0.717, 1.165) is 11.3 Å². The Morgan fingerprint density at radius 3 is 2.71 bits per heavy atom. The Hall–Kier alpha value is -0.970. The van der Waals surface area contributed by atoms with Gasteiger partial charge in [-0.2, -0.15) is 0 Å². The maximum Gasteiger partial charge on any atom is 0.0892 e. The van der Waals surface area contributed by atoms with Gasteiger partial charge >= 0.3 is 0 Å². The summed E-state index contributed by atoms with van der Waals surface area (Å²) in [7, 11) is 4.10. The summed E-state index contributed by atoms with van der Waals surface area (Å²) in [5.41, 5.74) is 7.66. The highest BCUT2D eigenvalue weighted by molar-refractivity contribution is 5.18. The molecule has 1 heterocycles. The van der Waals surface area contributed by atoms with Crippen molar-refractivity contribution in [2.45, 2.75) is 32.5 Å². The van der Waals surface area contributed by atoms with Gasteiger partial charge in [0.2, 0.25) is 0 Å². The quantitative estimate of drug-likeness (QED) is 0.812. The SMILES string of the molecule is CN(C)C(C)(C)COCc1ncccc1CN. The van der Waals surface area contributed by atoms with Crippen LogP contribution in [0.5, 0.6) is 0 Å². The number of ether oxygens (including phenoxy) is 1.